The summed E-state index contributed by atoms with van der Waals surface area (Å²) in [4.78, 5) is 23.3. The number of ether oxygens (including phenoxy) is 2. The summed E-state index contributed by atoms with van der Waals surface area (Å²) in [5.74, 6) is -1.85. The normalized spacial score (nSPS) is 17.5. The van der Waals surface area contributed by atoms with Crippen molar-refractivity contribution in [3.8, 4) is 0 Å². The molecule has 124 valence electrons. The molecule has 21 heavy (non-hydrogen) atoms. The fourth-order valence-corrected chi connectivity index (χ4v) is 1.35. The first kappa shape index (κ1) is 19.7. The Morgan fingerprint density at radius 3 is 2.05 bits per heavy atom. The van der Waals surface area contributed by atoms with E-state index in [-0.39, 0.29) is 5.92 Å². The zero-order valence-corrected chi connectivity index (χ0v) is 13.0. The summed E-state index contributed by atoms with van der Waals surface area (Å²) in [5.41, 5.74) is -1.16. The molecule has 0 aromatic rings. The second kappa shape index (κ2) is 7.66. The lowest BCUT2D eigenvalue weighted by molar-refractivity contribution is -0.218. The van der Waals surface area contributed by atoms with E-state index in [1.807, 2.05) is 6.92 Å². The Kier molecular flexibility index (Phi) is 7.19. The van der Waals surface area contributed by atoms with Crippen molar-refractivity contribution in [1.82, 2.24) is 0 Å². The van der Waals surface area contributed by atoms with Gasteiger partial charge >= 0.3 is 18.1 Å². The zero-order valence-electron chi connectivity index (χ0n) is 13.0. The van der Waals surface area contributed by atoms with Gasteiger partial charge in [0, 0.05) is 0 Å². The molecule has 0 saturated heterocycles. The monoisotopic (exact) mass is 312 g/mol. The van der Waals surface area contributed by atoms with E-state index in [2.05, 4.69) is 4.74 Å². The molecule has 0 heterocycles. The summed E-state index contributed by atoms with van der Waals surface area (Å²) in [6, 6.07) is 0. The Bertz CT molecular complexity index is 368. The van der Waals surface area contributed by atoms with Crippen LogP contribution >= 0.6 is 0 Å². The largest absolute Gasteiger partial charge is 0.459 e. The molecular weight excluding hydrogens is 289 g/mol. The van der Waals surface area contributed by atoms with E-state index in [4.69, 9.17) is 4.74 Å². The fourth-order valence-electron chi connectivity index (χ4n) is 1.35. The highest BCUT2D eigenvalue weighted by Crippen LogP contribution is 2.26. The Labute approximate surface area is 123 Å². The predicted molar refractivity (Wildman–Crippen MR) is 70.5 cm³/mol. The molecule has 7 heteroatoms. The number of hydrogen-bond donors (Lipinski definition) is 0. The maximum atomic E-state index is 12.3. The highest BCUT2D eigenvalue weighted by atomic mass is 19.4. The van der Waals surface area contributed by atoms with Crippen molar-refractivity contribution in [2.45, 2.75) is 71.8 Å². The Morgan fingerprint density at radius 1 is 1.14 bits per heavy atom. The summed E-state index contributed by atoms with van der Waals surface area (Å²) >= 11 is 0. The molecule has 0 aromatic carbocycles. The second-order valence-electron chi connectivity index (χ2n) is 5.38. The van der Waals surface area contributed by atoms with Crippen LogP contribution in [0.25, 0.3) is 0 Å². The van der Waals surface area contributed by atoms with Gasteiger partial charge in [0.2, 0.25) is 0 Å². The van der Waals surface area contributed by atoms with Gasteiger partial charge in [-0.15, -0.1) is 0 Å². The van der Waals surface area contributed by atoms with Crippen LogP contribution in [0.15, 0.2) is 0 Å². The van der Waals surface area contributed by atoms with Gasteiger partial charge in [0.05, 0.1) is 12.3 Å². The third-order valence-electron chi connectivity index (χ3n) is 3.40. The maximum Gasteiger partial charge on any atom is 0.425 e. The van der Waals surface area contributed by atoms with Gasteiger partial charge in [0.1, 0.15) is 5.60 Å². The molecule has 0 spiro atoms. The minimum Gasteiger partial charge on any atom is -0.459 e. The van der Waals surface area contributed by atoms with Crippen LogP contribution in [0.5, 0.6) is 0 Å². The van der Waals surface area contributed by atoms with Gasteiger partial charge in [-0.3, -0.25) is 9.59 Å². The maximum absolute atomic E-state index is 12.3. The molecule has 0 aliphatic heterocycles. The molecule has 0 aromatic heterocycles. The molecule has 0 aliphatic carbocycles. The van der Waals surface area contributed by atoms with E-state index in [0.29, 0.717) is 12.8 Å². The van der Waals surface area contributed by atoms with Crippen LogP contribution < -0.4 is 0 Å². The highest BCUT2D eigenvalue weighted by molar-refractivity contribution is 5.74. The van der Waals surface area contributed by atoms with Gasteiger partial charge in [-0.1, -0.05) is 20.8 Å². The Morgan fingerprint density at radius 2 is 1.67 bits per heavy atom. The van der Waals surface area contributed by atoms with Crippen molar-refractivity contribution < 1.29 is 32.2 Å². The lowest BCUT2D eigenvalue weighted by atomic mass is 9.98. The topological polar surface area (TPSA) is 52.6 Å². The lowest BCUT2D eigenvalue weighted by Gasteiger charge is -2.29. The Hall–Kier alpha value is -1.27. The molecule has 3 atom stereocenters. The van der Waals surface area contributed by atoms with Crippen molar-refractivity contribution in [2.24, 2.45) is 5.92 Å². The quantitative estimate of drug-likeness (QED) is 0.674. The first-order valence-electron chi connectivity index (χ1n) is 6.94. The summed E-state index contributed by atoms with van der Waals surface area (Å²) in [7, 11) is 0. The van der Waals surface area contributed by atoms with Gasteiger partial charge in [-0.25, -0.2) is 0 Å². The lowest BCUT2D eigenvalue weighted by Crippen LogP contribution is -2.38. The number of hydrogen-bond acceptors (Lipinski definition) is 4. The number of rotatable bonds is 7. The van der Waals surface area contributed by atoms with Crippen LogP contribution in [0.1, 0.15) is 53.9 Å². The third-order valence-corrected chi connectivity index (χ3v) is 3.40. The van der Waals surface area contributed by atoms with Crippen molar-refractivity contribution in [2.75, 3.05) is 0 Å². The molecule has 0 rings (SSSR count). The van der Waals surface area contributed by atoms with E-state index in [1.54, 1.807) is 13.8 Å². The Balaban J connectivity index is 4.67. The van der Waals surface area contributed by atoms with Gasteiger partial charge in [0.25, 0.3) is 0 Å². The summed E-state index contributed by atoms with van der Waals surface area (Å²) < 4.78 is 46.6. The van der Waals surface area contributed by atoms with Gasteiger partial charge < -0.3 is 9.47 Å². The van der Waals surface area contributed by atoms with E-state index in [9.17, 15) is 22.8 Å². The third kappa shape index (κ3) is 6.82. The van der Waals surface area contributed by atoms with Crippen LogP contribution in [0.2, 0.25) is 0 Å². The number of alkyl halides is 3. The van der Waals surface area contributed by atoms with E-state index in [0.717, 1.165) is 6.92 Å². The minimum absolute atomic E-state index is 0.296. The predicted octanol–water partition coefficient (Wildman–Crippen LogP) is 3.63. The van der Waals surface area contributed by atoms with Crippen LogP contribution in [0.4, 0.5) is 13.2 Å². The fraction of sp³-hybridized carbons (Fsp3) is 0.857. The number of carbonyl (C=O) groups is 2. The SMILES string of the molecule is CCC(C)C(=O)OC(C)(CC)CC(=O)OC(C)C(F)(F)F. The number of carbonyl (C=O) groups excluding carboxylic acids is 2. The van der Waals surface area contributed by atoms with E-state index >= 15 is 0 Å². The molecule has 3 unspecified atom stereocenters. The molecule has 0 aliphatic rings. The van der Waals surface area contributed by atoms with Crippen LogP contribution in [-0.4, -0.2) is 29.8 Å². The summed E-state index contributed by atoms with van der Waals surface area (Å²) in [6.45, 7) is 7.44. The van der Waals surface area contributed by atoms with E-state index < -0.39 is 36.2 Å². The van der Waals surface area contributed by atoms with Crippen LogP contribution in [0.3, 0.4) is 0 Å². The minimum atomic E-state index is -4.61. The summed E-state index contributed by atoms with van der Waals surface area (Å²) in [6.07, 6.45) is -6.33. The molecule has 4 nitrogen and oxygen atoms in total. The standard InChI is InChI=1S/C14H23F3O4/c1-6-9(3)12(19)21-13(5,7-2)8-11(18)20-10(4)14(15,16)17/h9-10H,6-8H2,1-5H3. The van der Waals surface area contributed by atoms with Gasteiger partial charge in [-0.2, -0.15) is 13.2 Å². The molecule has 0 saturated carbocycles. The zero-order chi connectivity index (χ0) is 16.8. The average Bonchev–Trinajstić information content (AvgIpc) is 2.35. The molecule has 0 N–H and O–H groups in total. The van der Waals surface area contributed by atoms with Crippen LogP contribution in [-0.2, 0) is 19.1 Å². The summed E-state index contributed by atoms with van der Waals surface area (Å²) in [5, 5.41) is 0. The second-order valence-corrected chi connectivity index (χ2v) is 5.38. The molecule has 0 fully saturated rings. The smallest absolute Gasteiger partial charge is 0.425 e. The highest BCUT2D eigenvalue weighted by Gasteiger charge is 2.40. The first-order chi connectivity index (χ1) is 9.45. The molecular formula is C14H23F3O4. The first-order valence-corrected chi connectivity index (χ1v) is 6.94. The van der Waals surface area contributed by atoms with Gasteiger partial charge in [0.15, 0.2) is 6.10 Å². The van der Waals surface area contributed by atoms with Gasteiger partial charge in [-0.05, 0) is 26.7 Å². The van der Waals surface area contributed by atoms with Crippen molar-refractivity contribution >= 4 is 11.9 Å². The number of halogens is 3. The van der Waals surface area contributed by atoms with E-state index in [1.165, 1.54) is 6.92 Å². The molecule has 0 bridgehead atoms. The van der Waals surface area contributed by atoms with Crippen molar-refractivity contribution in [3.63, 3.8) is 0 Å². The van der Waals surface area contributed by atoms with Crippen molar-refractivity contribution in [1.29, 1.82) is 0 Å². The van der Waals surface area contributed by atoms with Crippen molar-refractivity contribution in [3.05, 3.63) is 0 Å². The average molecular weight is 312 g/mol. The number of esters is 2. The van der Waals surface area contributed by atoms with Crippen LogP contribution in [0, 0.1) is 5.92 Å². The molecule has 0 amide bonds. The molecule has 0 radical (unpaired) electrons.